The Balaban J connectivity index is 1.57. The lowest BCUT2D eigenvalue weighted by molar-refractivity contribution is -0.138. The Morgan fingerprint density at radius 3 is 2.47 bits per heavy atom. The van der Waals surface area contributed by atoms with E-state index in [9.17, 15) is 4.79 Å². The summed E-state index contributed by atoms with van der Waals surface area (Å²) >= 11 is 0. The number of nitrogens with zero attached hydrogens (tertiary/aromatic N) is 3. The van der Waals surface area contributed by atoms with Crippen LogP contribution in [0.3, 0.4) is 0 Å². The van der Waals surface area contributed by atoms with E-state index in [1.165, 1.54) is 16.7 Å². The van der Waals surface area contributed by atoms with E-state index < -0.39 is 5.97 Å². The summed E-state index contributed by atoms with van der Waals surface area (Å²) in [6.07, 6.45) is 0. The van der Waals surface area contributed by atoms with E-state index in [2.05, 4.69) is 48.3 Å². The maximum Gasteiger partial charge on any atom is 0.317 e. The molecule has 6 heteroatoms. The Morgan fingerprint density at radius 1 is 0.938 bits per heavy atom. The topological polar surface area (TPSA) is 79.5 Å². The molecule has 0 bridgehead atoms. The van der Waals surface area contributed by atoms with E-state index >= 15 is 0 Å². The van der Waals surface area contributed by atoms with Crippen LogP contribution in [0.15, 0.2) is 71.3 Å². The zero-order valence-corrected chi connectivity index (χ0v) is 18.4. The summed E-state index contributed by atoms with van der Waals surface area (Å²) in [4.78, 5) is 17.2. The molecule has 0 aliphatic carbocycles. The standard InChI is InChI=1S/C26H25N3O3/c1-17-7-4-5-10-22(17)23-12-11-21(13-18(23)2)26-27-25(28-32-26)20-9-6-8-19(14-20)15-29(3)16-24(30)31/h4-14H,15-16H2,1-3H3,(H,30,31). The molecule has 1 aromatic heterocycles. The van der Waals surface area contributed by atoms with E-state index in [-0.39, 0.29) is 6.54 Å². The number of benzene rings is 3. The second kappa shape index (κ2) is 9.16. The summed E-state index contributed by atoms with van der Waals surface area (Å²) in [6, 6.07) is 22.2. The van der Waals surface area contributed by atoms with Crippen molar-refractivity contribution >= 4 is 5.97 Å². The van der Waals surface area contributed by atoms with Crippen LogP contribution in [0.4, 0.5) is 0 Å². The van der Waals surface area contributed by atoms with E-state index in [4.69, 9.17) is 9.63 Å². The third-order valence-electron chi connectivity index (χ3n) is 5.38. The predicted octanol–water partition coefficient (Wildman–Crippen LogP) is 5.20. The number of rotatable bonds is 7. The molecule has 0 amide bonds. The summed E-state index contributed by atoms with van der Waals surface area (Å²) in [7, 11) is 1.77. The lowest BCUT2D eigenvalue weighted by Crippen LogP contribution is -2.25. The molecule has 4 aromatic rings. The van der Waals surface area contributed by atoms with Crippen molar-refractivity contribution in [2.45, 2.75) is 20.4 Å². The molecule has 0 spiro atoms. The second-order valence-electron chi connectivity index (χ2n) is 8.03. The molecular formula is C26H25N3O3. The van der Waals surface area contributed by atoms with E-state index in [1.807, 2.05) is 42.5 Å². The van der Waals surface area contributed by atoms with Gasteiger partial charge in [-0.05, 0) is 66.9 Å². The smallest absolute Gasteiger partial charge is 0.317 e. The number of aliphatic carboxylic acids is 1. The van der Waals surface area contributed by atoms with Crippen molar-refractivity contribution in [3.63, 3.8) is 0 Å². The van der Waals surface area contributed by atoms with Crippen molar-refractivity contribution in [2.75, 3.05) is 13.6 Å². The van der Waals surface area contributed by atoms with Crippen LogP contribution in [-0.2, 0) is 11.3 Å². The number of hydrogen-bond donors (Lipinski definition) is 1. The van der Waals surface area contributed by atoms with Crippen LogP contribution in [0.25, 0.3) is 34.0 Å². The molecule has 4 rings (SSSR count). The summed E-state index contributed by atoms with van der Waals surface area (Å²) < 4.78 is 5.55. The van der Waals surface area contributed by atoms with Gasteiger partial charge >= 0.3 is 5.97 Å². The van der Waals surface area contributed by atoms with Crippen molar-refractivity contribution in [2.24, 2.45) is 0 Å². The van der Waals surface area contributed by atoms with Gasteiger partial charge in [-0.15, -0.1) is 0 Å². The van der Waals surface area contributed by atoms with Crippen LogP contribution >= 0.6 is 0 Å². The van der Waals surface area contributed by atoms with Crippen LogP contribution in [0.1, 0.15) is 16.7 Å². The lowest BCUT2D eigenvalue weighted by atomic mass is 9.95. The highest BCUT2D eigenvalue weighted by atomic mass is 16.5. The van der Waals surface area contributed by atoms with Gasteiger partial charge in [0, 0.05) is 17.7 Å². The van der Waals surface area contributed by atoms with Gasteiger partial charge in [0.1, 0.15) is 0 Å². The fourth-order valence-electron chi connectivity index (χ4n) is 3.84. The molecule has 0 aliphatic heterocycles. The van der Waals surface area contributed by atoms with Gasteiger partial charge in [-0.2, -0.15) is 4.98 Å². The summed E-state index contributed by atoms with van der Waals surface area (Å²) in [5.74, 6) is 0.117. The number of aryl methyl sites for hydroxylation is 2. The molecule has 0 radical (unpaired) electrons. The molecular weight excluding hydrogens is 402 g/mol. The molecule has 1 N–H and O–H groups in total. The lowest BCUT2D eigenvalue weighted by Gasteiger charge is -2.14. The number of hydrogen-bond acceptors (Lipinski definition) is 5. The summed E-state index contributed by atoms with van der Waals surface area (Å²) in [5, 5.41) is 13.1. The third kappa shape index (κ3) is 4.76. The minimum absolute atomic E-state index is 0.0194. The first-order chi connectivity index (χ1) is 15.4. The fourth-order valence-corrected chi connectivity index (χ4v) is 3.84. The van der Waals surface area contributed by atoms with Crippen molar-refractivity contribution in [1.82, 2.24) is 15.0 Å². The molecule has 0 saturated carbocycles. The molecule has 32 heavy (non-hydrogen) atoms. The Morgan fingerprint density at radius 2 is 1.72 bits per heavy atom. The van der Waals surface area contributed by atoms with Crippen LogP contribution < -0.4 is 0 Å². The first-order valence-electron chi connectivity index (χ1n) is 10.4. The predicted molar refractivity (Wildman–Crippen MR) is 124 cm³/mol. The molecule has 162 valence electrons. The first-order valence-corrected chi connectivity index (χ1v) is 10.4. The Bertz CT molecular complexity index is 1260. The number of likely N-dealkylation sites (N-methyl/N-ethyl adjacent to an activating group) is 1. The van der Waals surface area contributed by atoms with Gasteiger partial charge in [-0.25, -0.2) is 0 Å². The van der Waals surface area contributed by atoms with Crippen LogP contribution in [-0.4, -0.2) is 39.7 Å². The molecule has 1 heterocycles. The Labute approximate surface area is 187 Å². The molecule has 0 atom stereocenters. The number of carboxylic acids is 1. The highest BCUT2D eigenvalue weighted by Gasteiger charge is 2.14. The maximum absolute atomic E-state index is 10.9. The fraction of sp³-hybridized carbons (Fsp3) is 0.192. The highest BCUT2D eigenvalue weighted by Crippen LogP contribution is 2.30. The van der Waals surface area contributed by atoms with E-state index in [0.717, 1.165) is 22.3 Å². The van der Waals surface area contributed by atoms with Crippen molar-refractivity contribution < 1.29 is 14.4 Å². The normalized spacial score (nSPS) is 11.1. The number of aromatic nitrogens is 2. The van der Waals surface area contributed by atoms with Gasteiger partial charge in [-0.1, -0.05) is 53.7 Å². The van der Waals surface area contributed by atoms with E-state index in [1.54, 1.807) is 11.9 Å². The number of carboxylic acid groups (broad SMARTS) is 1. The van der Waals surface area contributed by atoms with Crippen molar-refractivity contribution in [3.05, 3.63) is 83.4 Å². The van der Waals surface area contributed by atoms with Crippen LogP contribution in [0, 0.1) is 13.8 Å². The van der Waals surface area contributed by atoms with Gasteiger partial charge < -0.3 is 9.63 Å². The molecule has 6 nitrogen and oxygen atoms in total. The van der Waals surface area contributed by atoms with Gasteiger partial charge in [0.15, 0.2) is 0 Å². The average Bonchev–Trinajstić information content (AvgIpc) is 3.24. The van der Waals surface area contributed by atoms with Crippen molar-refractivity contribution in [3.8, 4) is 34.0 Å². The SMILES string of the molecule is Cc1ccccc1-c1ccc(-c2nc(-c3cccc(CN(C)CC(=O)O)c3)no2)cc1C. The van der Waals surface area contributed by atoms with E-state index in [0.29, 0.717) is 18.3 Å². The molecule has 3 aromatic carbocycles. The monoisotopic (exact) mass is 427 g/mol. The zero-order valence-electron chi connectivity index (χ0n) is 18.4. The van der Waals surface area contributed by atoms with Gasteiger partial charge in [-0.3, -0.25) is 9.69 Å². The highest BCUT2D eigenvalue weighted by molar-refractivity contribution is 5.73. The van der Waals surface area contributed by atoms with Gasteiger partial charge in [0.2, 0.25) is 5.82 Å². The first kappa shape index (κ1) is 21.5. The van der Waals surface area contributed by atoms with Crippen molar-refractivity contribution in [1.29, 1.82) is 0 Å². The Hall–Kier alpha value is -3.77. The largest absolute Gasteiger partial charge is 0.480 e. The molecule has 0 fully saturated rings. The summed E-state index contributed by atoms with van der Waals surface area (Å²) in [5.41, 5.74) is 7.45. The quantitative estimate of drug-likeness (QED) is 0.436. The second-order valence-corrected chi connectivity index (χ2v) is 8.03. The molecule has 0 saturated heterocycles. The summed E-state index contributed by atoms with van der Waals surface area (Å²) in [6.45, 7) is 4.69. The van der Waals surface area contributed by atoms with Crippen LogP contribution in [0.2, 0.25) is 0 Å². The zero-order chi connectivity index (χ0) is 22.7. The molecule has 0 aliphatic rings. The molecule has 0 unspecified atom stereocenters. The maximum atomic E-state index is 10.9. The minimum Gasteiger partial charge on any atom is -0.480 e. The number of carbonyl (C=O) groups is 1. The Kier molecular flexibility index (Phi) is 6.14. The van der Waals surface area contributed by atoms with Gasteiger partial charge in [0.05, 0.1) is 6.54 Å². The third-order valence-corrected chi connectivity index (χ3v) is 5.38. The minimum atomic E-state index is -0.852. The average molecular weight is 428 g/mol. The van der Waals surface area contributed by atoms with Crippen LogP contribution in [0.5, 0.6) is 0 Å². The van der Waals surface area contributed by atoms with Gasteiger partial charge in [0.25, 0.3) is 5.89 Å².